The number of nitrogens with zero attached hydrogens (tertiary/aromatic N) is 3. The third-order valence-electron chi connectivity index (χ3n) is 5.60. The molecular weight excluding hydrogens is 398 g/mol. The highest BCUT2D eigenvalue weighted by Crippen LogP contribution is 2.29. The summed E-state index contributed by atoms with van der Waals surface area (Å²) < 4.78 is 6.81. The van der Waals surface area contributed by atoms with E-state index in [1.54, 1.807) is 6.26 Å². The van der Waals surface area contributed by atoms with Crippen LogP contribution >= 0.6 is 0 Å². The fourth-order valence-electron chi connectivity index (χ4n) is 3.67. The molecule has 1 aliphatic rings. The number of hydrogen-bond donors (Lipinski definition) is 2. The minimum absolute atomic E-state index is 0.0515. The smallest absolute Gasteiger partial charge is 0.330 e. The van der Waals surface area contributed by atoms with Crippen molar-refractivity contribution >= 4 is 17.4 Å². The summed E-state index contributed by atoms with van der Waals surface area (Å²) in [4.78, 5) is 44.3. The second-order valence-corrected chi connectivity index (χ2v) is 8.11. The molecule has 0 bridgehead atoms. The Morgan fingerprint density at radius 3 is 2.61 bits per heavy atom. The number of hydrogen-bond acceptors (Lipinski definition) is 6. The van der Waals surface area contributed by atoms with Crippen LogP contribution in [0.25, 0.3) is 0 Å². The first-order valence-corrected chi connectivity index (χ1v) is 11.2. The minimum atomic E-state index is -0.622. The van der Waals surface area contributed by atoms with Gasteiger partial charge in [0, 0.05) is 19.1 Å². The molecule has 170 valence electrons. The van der Waals surface area contributed by atoms with Crippen LogP contribution in [0.1, 0.15) is 58.1 Å². The lowest BCUT2D eigenvalue weighted by Crippen LogP contribution is -2.46. The van der Waals surface area contributed by atoms with Gasteiger partial charge >= 0.3 is 5.69 Å². The summed E-state index contributed by atoms with van der Waals surface area (Å²) in [7, 11) is 0. The summed E-state index contributed by atoms with van der Waals surface area (Å²) in [6, 6.07) is 4.05. The normalized spacial score (nSPS) is 13.6. The number of rotatable bonds is 12. The number of nitrogen functional groups attached to an aromatic ring is 1. The van der Waals surface area contributed by atoms with Gasteiger partial charge in [-0.2, -0.15) is 0 Å². The molecule has 3 rings (SSSR count). The highest BCUT2D eigenvalue weighted by atomic mass is 16.3. The van der Waals surface area contributed by atoms with Crippen LogP contribution in [-0.4, -0.2) is 39.5 Å². The van der Waals surface area contributed by atoms with Crippen molar-refractivity contribution in [1.29, 1.82) is 0 Å². The molecule has 0 aliphatic heterocycles. The summed E-state index contributed by atoms with van der Waals surface area (Å²) in [6.07, 6.45) is 6.89. The molecule has 2 heterocycles. The molecule has 0 radical (unpaired) electrons. The van der Waals surface area contributed by atoms with E-state index in [9.17, 15) is 14.4 Å². The molecule has 0 saturated heterocycles. The lowest BCUT2D eigenvalue weighted by molar-refractivity contribution is -0.120. The van der Waals surface area contributed by atoms with Gasteiger partial charge in [0.2, 0.25) is 5.91 Å². The highest BCUT2D eigenvalue weighted by molar-refractivity contribution is 5.96. The van der Waals surface area contributed by atoms with E-state index in [1.165, 1.54) is 9.47 Å². The zero-order valence-corrected chi connectivity index (χ0v) is 18.4. The van der Waals surface area contributed by atoms with Crippen LogP contribution in [0.2, 0.25) is 0 Å². The Hall–Kier alpha value is -2.81. The van der Waals surface area contributed by atoms with Gasteiger partial charge in [0.25, 0.3) is 5.56 Å². The largest absolute Gasteiger partial charge is 0.468 e. The number of nitrogens with two attached hydrogens (primary N) is 1. The zero-order chi connectivity index (χ0) is 22.4. The number of unbranched alkanes of at least 4 members (excludes halogenated alkanes) is 2. The van der Waals surface area contributed by atoms with E-state index in [0.29, 0.717) is 25.7 Å². The highest BCUT2D eigenvalue weighted by Gasteiger charge is 2.33. The summed E-state index contributed by atoms with van der Waals surface area (Å²) in [5, 5.41) is 0. The predicted octanol–water partition coefficient (Wildman–Crippen LogP) is 2.31. The second-order valence-electron chi connectivity index (χ2n) is 8.11. The molecule has 0 unspecified atom stereocenters. The Kier molecular flexibility index (Phi) is 7.73. The first-order valence-electron chi connectivity index (χ1n) is 11.2. The standard InChI is InChI=1S/C22H33N5O4/c1-3-5-11-26(19-20(23)27(12-6-4-2)22(30)24-21(19)29)18(28)15-25(16-9-10-16)14-17-8-7-13-31-17/h7-8,13,16H,3-6,9-12,14-15,23H2,1-2H3,(H,24,29,30). The van der Waals surface area contributed by atoms with E-state index in [-0.39, 0.29) is 24.0 Å². The molecule has 0 atom stereocenters. The Labute approximate surface area is 181 Å². The maximum Gasteiger partial charge on any atom is 0.330 e. The molecule has 3 N–H and O–H groups in total. The van der Waals surface area contributed by atoms with E-state index in [0.717, 1.165) is 44.3 Å². The molecule has 1 fully saturated rings. The SMILES string of the molecule is CCCCN(C(=O)CN(Cc1ccco1)C1CC1)c1c(N)n(CCCC)c(=O)[nH]c1=O. The first kappa shape index (κ1) is 22.9. The lowest BCUT2D eigenvalue weighted by atomic mass is 10.2. The van der Waals surface area contributed by atoms with Crippen molar-refractivity contribution in [2.75, 3.05) is 23.7 Å². The second kappa shape index (κ2) is 10.5. The van der Waals surface area contributed by atoms with Crippen molar-refractivity contribution in [2.45, 2.75) is 71.5 Å². The summed E-state index contributed by atoms with van der Waals surface area (Å²) in [6.45, 7) is 5.48. The molecule has 2 aromatic rings. The number of H-pyrrole nitrogens is 1. The predicted molar refractivity (Wildman–Crippen MR) is 120 cm³/mol. The van der Waals surface area contributed by atoms with Gasteiger partial charge in [0.05, 0.1) is 19.4 Å². The number of anilines is 2. The van der Waals surface area contributed by atoms with Gasteiger partial charge < -0.3 is 15.1 Å². The lowest BCUT2D eigenvalue weighted by Gasteiger charge is -2.28. The van der Waals surface area contributed by atoms with Gasteiger partial charge in [-0.05, 0) is 37.8 Å². The van der Waals surface area contributed by atoms with Crippen LogP contribution in [-0.2, 0) is 17.9 Å². The summed E-state index contributed by atoms with van der Waals surface area (Å²) in [5.74, 6) is 0.644. The van der Waals surface area contributed by atoms with E-state index in [2.05, 4.69) is 9.88 Å². The molecule has 1 amide bonds. The van der Waals surface area contributed by atoms with Gasteiger partial charge in [0.15, 0.2) is 5.69 Å². The van der Waals surface area contributed by atoms with E-state index < -0.39 is 11.2 Å². The Morgan fingerprint density at radius 2 is 2.00 bits per heavy atom. The molecule has 0 aromatic carbocycles. The van der Waals surface area contributed by atoms with Crippen molar-refractivity contribution in [3.05, 3.63) is 45.0 Å². The summed E-state index contributed by atoms with van der Waals surface area (Å²) in [5.41, 5.74) is 5.18. The van der Waals surface area contributed by atoms with Crippen molar-refractivity contribution in [2.24, 2.45) is 0 Å². The molecule has 1 saturated carbocycles. The van der Waals surface area contributed by atoms with E-state index in [1.807, 2.05) is 26.0 Å². The van der Waals surface area contributed by atoms with Gasteiger partial charge in [-0.15, -0.1) is 0 Å². The number of furan rings is 1. The Balaban J connectivity index is 1.89. The zero-order valence-electron chi connectivity index (χ0n) is 18.4. The maximum absolute atomic E-state index is 13.4. The van der Waals surface area contributed by atoms with Crippen LogP contribution in [0.4, 0.5) is 11.5 Å². The van der Waals surface area contributed by atoms with E-state index in [4.69, 9.17) is 10.2 Å². The first-order chi connectivity index (χ1) is 15.0. The maximum atomic E-state index is 13.4. The van der Waals surface area contributed by atoms with Gasteiger partial charge in [-0.25, -0.2) is 4.79 Å². The number of carbonyl (C=O) groups excluding carboxylic acids is 1. The monoisotopic (exact) mass is 431 g/mol. The van der Waals surface area contributed by atoms with Crippen molar-refractivity contribution in [1.82, 2.24) is 14.5 Å². The number of amides is 1. The van der Waals surface area contributed by atoms with Crippen LogP contribution < -0.4 is 21.9 Å². The third kappa shape index (κ3) is 5.66. The topological polar surface area (TPSA) is 118 Å². The number of aromatic nitrogens is 2. The average Bonchev–Trinajstić information content (AvgIpc) is 3.46. The van der Waals surface area contributed by atoms with Gasteiger partial charge in [0.1, 0.15) is 11.6 Å². The van der Waals surface area contributed by atoms with Gasteiger partial charge in [-0.3, -0.25) is 24.0 Å². The van der Waals surface area contributed by atoms with Crippen LogP contribution in [0.5, 0.6) is 0 Å². The van der Waals surface area contributed by atoms with Crippen molar-refractivity contribution in [3.63, 3.8) is 0 Å². The number of carbonyl (C=O) groups is 1. The van der Waals surface area contributed by atoms with Crippen molar-refractivity contribution < 1.29 is 9.21 Å². The van der Waals surface area contributed by atoms with E-state index >= 15 is 0 Å². The van der Waals surface area contributed by atoms with Crippen molar-refractivity contribution in [3.8, 4) is 0 Å². The van der Waals surface area contributed by atoms with Gasteiger partial charge in [-0.1, -0.05) is 26.7 Å². The Morgan fingerprint density at radius 1 is 1.26 bits per heavy atom. The summed E-state index contributed by atoms with van der Waals surface area (Å²) >= 11 is 0. The fourth-order valence-corrected chi connectivity index (χ4v) is 3.67. The number of nitrogens with one attached hydrogen (secondary N) is 1. The molecule has 9 heteroatoms. The molecule has 9 nitrogen and oxygen atoms in total. The van der Waals surface area contributed by atoms with Crippen LogP contribution in [0.3, 0.4) is 0 Å². The van der Waals surface area contributed by atoms with Crippen LogP contribution in [0, 0.1) is 0 Å². The molecule has 31 heavy (non-hydrogen) atoms. The minimum Gasteiger partial charge on any atom is -0.468 e. The molecule has 0 spiro atoms. The quantitative estimate of drug-likeness (QED) is 0.532. The number of aromatic amines is 1. The molecular formula is C22H33N5O4. The fraction of sp³-hybridized carbons (Fsp3) is 0.591. The molecule has 2 aromatic heterocycles. The third-order valence-corrected chi connectivity index (χ3v) is 5.60. The van der Waals surface area contributed by atoms with Crippen LogP contribution in [0.15, 0.2) is 32.4 Å². The average molecular weight is 432 g/mol. The Bertz CT molecular complexity index is 975. The molecule has 1 aliphatic carbocycles.